The van der Waals surface area contributed by atoms with Crippen molar-refractivity contribution in [2.24, 2.45) is 5.92 Å². The van der Waals surface area contributed by atoms with Crippen LogP contribution in [-0.2, 0) is 6.54 Å². The van der Waals surface area contributed by atoms with Crippen LogP contribution in [0.1, 0.15) is 28.2 Å². The predicted octanol–water partition coefficient (Wildman–Crippen LogP) is 1.71. The Labute approximate surface area is 108 Å². The number of hydrogen-bond acceptors (Lipinski definition) is 5. The molecule has 3 rings (SSSR count). The minimum Gasteiger partial charge on any atom is -0.318 e. The highest BCUT2D eigenvalue weighted by Gasteiger charge is 2.22. The Kier molecular flexibility index (Phi) is 2.83. The van der Waals surface area contributed by atoms with Gasteiger partial charge in [-0.25, -0.2) is 0 Å². The van der Waals surface area contributed by atoms with E-state index in [2.05, 4.69) is 20.0 Å². The van der Waals surface area contributed by atoms with E-state index >= 15 is 0 Å². The number of aryl methyl sites for hydroxylation is 1. The highest BCUT2D eigenvalue weighted by molar-refractivity contribution is 7.05. The molecule has 0 aliphatic heterocycles. The van der Waals surface area contributed by atoms with Gasteiger partial charge in [0.1, 0.15) is 0 Å². The Bertz CT molecular complexity index is 572. The topological polar surface area (TPSA) is 72.7 Å². The molecule has 2 heterocycles. The number of anilines is 1. The van der Waals surface area contributed by atoms with Gasteiger partial charge in [0.05, 0.1) is 16.8 Å². The smallest absolute Gasteiger partial charge is 0.277 e. The van der Waals surface area contributed by atoms with Crippen molar-refractivity contribution in [2.75, 3.05) is 5.32 Å². The molecule has 0 spiro atoms. The number of aromatic nitrogens is 4. The SMILES string of the molecule is Cc1snnc1C(=O)Nc1cnn(CC2CC2)c1. The molecule has 0 bridgehead atoms. The summed E-state index contributed by atoms with van der Waals surface area (Å²) in [6.45, 7) is 2.77. The Morgan fingerprint density at radius 1 is 1.61 bits per heavy atom. The van der Waals surface area contributed by atoms with Gasteiger partial charge in [-0.15, -0.1) is 5.10 Å². The third kappa shape index (κ3) is 2.40. The van der Waals surface area contributed by atoms with E-state index in [1.54, 1.807) is 6.20 Å². The first-order valence-electron chi connectivity index (χ1n) is 5.85. The van der Waals surface area contributed by atoms with Gasteiger partial charge in [-0.05, 0) is 37.2 Å². The van der Waals surface area contributed by atoms with Gasteiger partial charge < -0.3 is 5.32 Å². The second-order valence-electron chi connectivity index (χ2n) is 4.53. The Balaban J connectivity index is 1.66. The monoisotopic (exact) mass is 263 g/mol. The predicted molar refractivity (Wildman–Crippen MR) is 67.6 cm³/mol. The summed E-state index contributed by atoms with van der Waals surface area (Å²) in [4.78, 5) is 12.7. The molecule has 6 nitrogen and oxygen atoms in total. The van der Waals surface area contributed by atoms with Gasteiger partial charge in [-0.1, -0.05) is 4.49 Å². The molecule has 0 radical (unpaired) electrons. The number of carbonyl (C=O) groups excluding carboxylic acids is 1. The molecule has 0 unspecified atom stereocenters. The van der Waals surface area contributed by atoms with E-state index in [1.165, 1.54) is 24.4 Å². The van der Waals surface area contributed by atoms with E-state index in [1.807, 2.05) is 17.8 Å². The van der Waals surface area contributed by atoms with E-state index < -0.39 is 0 Å². The van der Waals surface area contributed by atoms with Crippen molar-refractivity contribution in [3.8, 4) is 0 Å². The zero-order valence-electron chi connectivity index (χ0n) is 9.96. The van der Waals surface area contributed by atoms with E-state index in [-0.39, 0.29) is 5.91 Å². The normalized spacial score (nSPS) is 14.7. The van der Waals surface area contributed by atoms with Crippen molar-refractivity contribution < 1.29 is 4.79 Å². The second kappa shape index (κ2) is 4.49. The molecule has 0 atom stereocenters. The van der Waals surface area contributed by atoms with E-state index in [0.717, 1.165) is 17.3 Å². The van der Waals surface area contributed by atoms with Gasteiger partial charge in [0, 0.05) is 12.7 Å². The van der Waals surface area contributed by atoms with Gasteiger partial charge in [-0.2, -0.15) is 5.10 Å². The van der Waals surface area contributed by atoms with Crippen molar-refractivity contribution >= 4 is 23.1 Å². The number of hydrogen-bond donors (Lipinski definition) is 1. The minimum absolute atomic E-state index is 0.229. The fraction of sp³-hybridized carbons (Fsp3) is 0.455. The molecule has 1 saturated carbocycles. The van der Waals surface area contributed by atoms with Gasteiger partial charge >= 0.3 is 0 Å². The number of nitrogens with zero attached hydrogens (tertiary/aromatic N) is 4. The number of nitrogens with one attached hydrogen (secondary N) is 1. The Hall–Kier alpha value is -1.76. The first kappa shape index (κ1) is 11.3. The zero-order valence-corrected chi connectivity index (χ0v) is 10.8. The van der Waals surface area contributed by atoms with Gasteiger partial charge in [-0.3, -0.25) is 9.48 Å². The maximum absolute atomic E-state index is 11.9. The molecule has 1 aliphatic rings. The van der Waals surface area contributed by atoms with Crippen LogP contribution in [0.3, 0.4) is 0 Å². The maximum Gasteiger partial charge on any atom is 0.277 e. The minimum atomic E-state index is -0.229. The average Bonchev–Trinajstić information content (AvgIpc) is 2.85. The number of carbonyl (C=O) groups is 1. The second-order valence-corrected chi connectivity index (χ2v) is 5.48. The van der Waals surface area contributed by atoms with Crippen LogP contribution in [-0.4, -0.2) is 25.3 Å². The van der Waals surface area contributed by atoms with Crippen molar-refractivity contribution in [2.45, 2.75) is 26.3 Å². The van der Waals surface area contributed by atoms with Gasteiger partial charge in [0.25, 0.3) is 5.91 Å². The average molecular weight is 263 g/mol. The third-order valence-corrected chi connectivity index (χ3v) is 3.53. The highest BCUT2D eigenvalue weighted by atomic mass is 32.1. The Morgan fingerprint density at radius 2 is 2.44 bits per heavy atom. The quantitative estimate of drug-likeness (QED) is 0.911. The standard InChI is InChI=1S/C11H13N5OS/c1-7-10(14-15-18-7)11(17)13-9-4-12-16(6-9)5-8-2-3-8/h4,6,8H,2-3,5H2,1H3,(H,13,17). The lowest BCUT2D eigenvalue weighted by atomic mass is 10.3. The van der Waals surface area contributed by atoms with Crippen LogP contribution < -0.4 is 5.32 Å². The summed E-state index contributed by atoms with van der Waals surface area (Å²) in [5.74, 6) is 0.533. The molecule has 94 valence electrons. The highest BCUT2D eigenvalue weighted by Crippen LogP contribution is 2.30. The van der Waals surface area contributed by atoms with Crippen LogP contribution in [0.5, 0.6) is 0 Å². The Morgan fingerprint density at radius 3 is 3.11 bits per heavy atom. The fourth-order valence-electron chi connectivity index (χ4n) is 1.72. The summed E-state index contributed by atoms with van der Waals surface area (Å²) < 4.78 is 5.62. The van der Waals surface area contributed by atoms with E-state index in [4.69, 9.17) is 0 Å². The zero-order chi connectivity index (χ0) is 12.5. The van der Waals surface area contributed by atoms with Crippen molar-refractivity contribution in [3.05, 3.63) is 23.0 Å². The van der Waals surface area contributed by atoms with Crippen molar-refractivity contribution in [3.63, 3.8) is 0 Å². The van der Waals surface area contributed by atoms with Gasteiger partial charge in [0.15, 0.2) is 5.69 Å². The third-order valence-electron chi connectivity index (χ3n) is 2.90. The van der Waals surface area contributed by atoms with Gasteiger partial charge in [0.2, 0.25) is 0 Å². The van der Waals surface area contributed by atoms with Crippen LogP contribution in [0, 0.1) is 12.8 Å². The van der Waals surface area contributed by atoms with E-state index in [9.17, 15) is 4.79 Å². The molecule has 2 aromatic rings. The molecular weight excluding hydrogens is 250 g/mol. The molecule has 18 heavy (non-hydrogen) atoms. The van der Waals surface area contributed by atoms with Crippen LogP contribution in [0.4, 0.5) is 5.69 Å². The van der Waals surface area contributed by atoms with Crippen LogP contribution >= 0.6 is 11.5 Å². The summed E-state index contributed by atoms with van der Waals surface area (Å²) in [7, 11) is 0. The lowest BCUT2D eigenvalue weighted by molar-refractivity contribution is 0.102. The first-order valence-corrected chi connectivity index (χ1v) is 6.62. The molecule has 1 fully saturated rings. The molecule has 1 amide bonds. The lowest BCUT2D eigenvalue weighted by Crippen LogP contribution is -2.13. The molecule has 7 heteroatoms. The summed E-state index contributed by atoms with van der Waals surface area (Å²) in [6.07, 6.45) is 6.08. The summed E-state index contributed by atoms with van der Waals surface area (Å²) in [6, 6.07) is 0. The number of amides is 1. The largest absolute Gasteiger partial charge is 0.318 e. The van der Waals surface area contributed by atoms with Crippen molar-refractivity contribution in [1.82, 2.24) is 19.4 Å². The molecule has 2 aromatic heterocycles. The molecule has 1 N–H and O–H groups in total. The van der Waals surface area contributed by atoms with Crippen molar-refractivity contribution in [1.29, 1.82) is 0 Å². The maximum atomic E-state index is 11.9. The summed E-state index contributed by atoms with van der Waals surface area (Å²) >= 11 is 1.22. The fourth-order valence-corrected chi connectivity index (χ4v) is 2.19. The molecular formula is C11H13N5OS. The summed E-state index contributed by atoms with van der Waals surface area (Å²) in [5, 5.41) is 10.8. The van der Waals surface area contributed by atoms with Crippen LogP contribution in [0.25, 0.3) is 0 Å². The van der Waals surface area contributed by atoms with Crippen LogP contribution in [0.2, 0.25) is 0 Å². The first-order chi connectivity index (χ1) is 8.72. The van der Waals surface area contributed by atoms with Crippen LogP contribution in [0.15, 0.2) is 12.4 Å². The van der Waals surface area contributed by atoms with E-state index in [0.29, 0.717) is 11.4 Å². The molecule has 1 aliphatic carbocycles. The lowest BCUT2D eigenvalue weighted by Gasteiger charge is -1.99. The summed E-state index contributed by atoms with van der Waals surface area (Å²) in [5.41, 5.74) is 1.09. The molecule has 0 saturated heterocycles. The molecule has 0 aromatic carbocycles. The number of rotatable bonds is 4.